The number of ether oxygens (including phenoxy) is 1. The average molecular weight is 641 g/mol. The van der Waals surface area contributed by atoms with E-state index in [0.717, 1.165) is 23.1 Å². The fourth-order valence-corrected chi connectivity index (χ4v) is 4.98. The van der Waals surface area contributed by atoms with Gasteiger partial charge >= 0.3 is 24.6 Å². The molecule has 17 heteroatoms. The van der Waals surface area contributed by atoms with Crippen LogP contribution in [-0.2, 0) is 29.7 Å². The Morgan fingerprint density at radius 2 is 1.61 bits per heavy atom. The van der Waals surface area contributed by atoms with Gasteiger partial charge in [-0.3, -0.25) is 4.90 Å². The molecule has 0 saturated carbocycles. The van der Waals surface area contributed by atoms with Gasteiger partial charge in [-0.25, -0.2) is 4.79 Å². The lowest BCUT2D eigenvalue weighted by atomic mass is 9.80. The molecule has 1 aromatic heterocycles. The predicted molar refractivity (Wildman–Crippen MR) is 134 cm³/mol. The summed E-state index contributed by atoms with van der Waals surface area (Å²) in [5.74, 6) is -2.05. The molecule has 2 heterocycles. The third-order valence-electron chi connectivity index (χ3n) is 7.17. The van der Waals surface area contributed by atoms with Crippen LogP contribution in [0, 0.1) is 0 Å². The standard InChI is InChI=1S/C27H25F9N4O4/c1-3-24(37)12-18(17-11-14(25(28,29)30)5-6-19(17)40(24)23(42)43-4-2)21-38-22(44-39-21)20(41)9-13-7-15(26(31,32)33)10-16(8-13)27(34,35)36/h5-8,10-11,18,20,41H,3-4,9,12,37H2,1-2H3/t18-,20?,24+/m0/s1. The number of fused-ring (bicyclic) bond motifs is 1. The molecule has 3 aromatic rings. The molecule has 8 nitrogen and oxygen atoms in total. The molecule has 1 aliphatic heterocycles. The van der Waals surface area contributed by atoms with E-state index >= 15 is 0 Å². The molecule has 0 spiro atoms. The van der Waals surface area contributed by atoms with Crippen molar-refractivity contribution < 1.29 is 58.7 Å². The van der Waals surface area contributed by atoms with Crippen LogP contribution in [0.25, 0.3) is 0 Å². The van der Waals surface area contributed by atoms with Gasteiger partial charge in [-0.15, -0.1) is 0 Å². The number of halogens is 9. The summed E-state index contributed by atoms with van der Waals surface area (Å²) in [4.78, 5) is 17.9. The normalized spacial score (nSPS) is 19.9. The third kappa shape index (κ3) is 6.62. The maximum Gasteiger partial charge on any atom is 0.416 e. The average Bonchev–Trinajstić information content (AvgIpc) is 3.41. The zero-order chi connectivity index (χ0) is 32.8. The number of alkyl halides is 9. The second kappa shape index (κ2) is 11.6. The van der Waals surface area contributed by atoms with E-state index in [1.807, 2.05) is 0 Å². The molecule has 0 radical (unpaired) electrons. The van der Waals surface area contributed by atoms with E-state index < -0.39 is 76.9 Å². The van der Waals surface area contributed by atoms with Crippen LogP contribution in [0.15, 0.2) is 40.9 Å². The van der Waals surface area contributed by atoms with Gasteiger partial charge in [0.15, 0.2) is 5.82 Å². The van der Waals surface area contributed by atoms with Gasteiger partial charge in [-0.2, -0.15) is 44.5 Å². The molecule has 3 atom stereocenters. The van der Waals surface area contributed by atoms with Crippen LogP contribution in [0.5, 0.6) is 0 Å². The van der Waals surface area contributed by atoms with Gasteiger partial charge in [0.2, 0.25) is 0 Å². The number of hydrogen-bond acceptors (Lipinski definition) is 7. The topological polar surface area (TPSA) is 115 Å². The van der Waals surface area contributed by atoms with Crippen molar-refractivity contribution in [1.82, 2.24) is 10.1 Å². The van der Waals surface area contributed by atoms with Crippen LogP contribution < -0.4 is 10.6 Å². The lowest BCUT2D eigenvalue weighted by molar-refractivity contribution is -0.143. The zero-order valence-electron chi connectivity index (χ0n) is 22.9. The van der Waals surface area contributed by atoms with Crippen LogP contribution in [-0.4, -0.2) is 33.6 Å². The van der Waals surface area contributed by atoms with E-state index in [2.05, 4.69) is 10.1 Å². The number of hydrogen-bond donors (Lipinski definition) is 2. The Labute approximate surface area is 243 Å². The first-order chi connectivity index (χ1) is 20.3. The minimum Gasteiger partial charge on any atom is -0.449 e. The Morgan fingerprint density at radius 1 is 1.02 bits per heavy atom. The van der Waals surface area contributed by atoms with Crippen molar-refractivity contribution in [2.45, 2.75) is 69.3 Å². The fourth-order valence-electron chi connectivity index (χ4n) is 4.98. The summed E-state index contributed by atoms with van der Waals surface area (Å²) in [5.41, 5.74) is 0.110. The molecule has 3 N–H and O–H groups in total. The maximum absolute atomic E-state index is 13.6. The van der Waals surface area contributed by atoms with E-state index in [0.29, 0.717) is 12.1 Å². The molecule has 2 aromatic carbocycles. The van der Waals surface area contributed by atoms with E-state index in [4.69, 9.17) is 15.0 Å². The summed E-state index contributed by atoms with van der Waals surface area (Å²) in [6.45, 7) is 3.09. The van der Waals surface area contributed by atoms with Crippen LogP contribution in [0.1, 0.15) is 78.2 Å². The van der Waals surface area contributed by atoms with Crippen LogP contribution >= 0.6 is 0 Å². The number of aliphatic hydroxyl groups excluding tert-OH is 1. The monoisotopic (exact) mass is 640 g/mol. The second-order valence-electron chi connectivity index (χ2n) is 10.1. The minimum atomic E-state index is -5.12. The van der Waals surface area contributed by atoms with Gasteiger partial charge in [0.1, 0.15) is 11.8 Å². The number of rotatable bonds is 6. The summed E-state index contributed by atoms with van der Waals surface area (Å²) >= 11 is 0. The molecule has 44 heavy (non-hydrogen) atoms. The summed E-state index contributed by atoms with van der Waals surface area (Å²) in [7, 11) is 0. The zero-order valence-corrected chi connectivity index (χ0v) is 22.9. The Hall–Kier alpha value is -3.86. The van der Waals surface area contributed by atoms with Crippen molar-refractivity contribution in [3.8, 4) is 0 Å². The Morgan fingerprint density at radius 3 is 2.14 bits per heavy atom. The SMILES string of the molecule is CCOC(=O)N1c2ccc(C(F)(F)F)cc2[C@@H](c2noc(C(O)Cc3cc(C(F)(F)F)cc(C(F)(F)F)c3)n2)C[C@@]1(N)CC. The number of aliphatic hydroxyl groups is 1. The highest BCUT2D eigenvalue weighted by molar-refractivity contribution is 5.91. The van der Waals surface area contributed by atoms with Gasteiger partial charge in [0.25, 0.3) is 5.89 Å². The molecule has 240 valence electrons. The summed E-state index contributed by atoms with van der Waals surface area (Å²) in [5, 5.41) is 14.4. The third-order valence-corrected chi connectivity index (χ3v) is 7.17. The number of carbonyl (C=O) groups excluding carboxylic acids is 1. The quantitative estimate of drug-likeness (QED) is 0.280. The molecule has 1 amide bonds. The number of nitrogens with zero attached hydrogens (tertiary/aromatic N) is 3. The first kappa shape index (κ1) is 33.0. The Kier molecular flexibility index (Phi) is 8.69. The fraction of sp³-hybridized carbons (Fsp3) is 0.444. The smallest absolute Gasteiger partial charge is 0.416 e. The molecule has 1 aliphatic rings. The first-order valence-corrected chi connectivity index (χ1v) is 13.1. The summed E-state index contributed by atoms with van der Waals surface area (Å²) in [6, 6.07) is 3.36. The van der Waals surface area contributed by atoms with Gasteiger partial charge in [0, 0.05) is 6.42 Å². The summed E-state index contributed by atoms with van der Waals surface area (Å²) in [6.07, 6.45) is -18.8. The van der Waals surface area contributed by atoms with Crippen molar-refractivity contribution >= 4 is 11.8 Å². The molecule has 0 bridgehead atoms. The first-order valence-electron chi connectivity index (χ1n) is 13.1. The number of amides is 1. The van der Waals surface area contributed by atoms with E-state index in [1.54, 1.807) is 6.92 Å². The van der Waals surface area contributed by atoms with E-state index in [1.165, 1.54) is 6.92 Å². The van der Waals surface area contributed by atoms with Crippen molar-refractivity contribution in [2.75, 3.05) is 11.5 Å². The van der Waals surface area contributed by atoms with Crippen LogP contribution in [0.2, 0.25) is 0 Å². The van der Waals surface area contributed by atoms with Gasteiger partial charge in [-0.05, 0) is 67.3 Å². The molecule has 4 rings (SSSR count). The van der Waals surface area contributed by atoms with Crippen molar-refractivity contribution in [3.63, 3.8) is 0 Å². The predicted octanol–water partition coefficient (Wildman–Crippen LogP) is 6.97. The maximum atomic E-state index is 13.6. The second-order valence-corrected chi connectivity index (χ2v) is 10.1. The number of aromatic nitrogens is 2. The summed E-state index contributed by atoms with van der Waals surface area (Å²) < 4.78 is 131. The lowest BCUT2D eigenvalue weighted by Crippen LogP contribution is -2.61. The molecule has 1 unspecified atom stereocenters. The minimum absolute atomic E-state index is 0.0346. The largest absolute Gasteiger partial charge is 0.449 e. The molecule has 0 fully saturated rings. The number of anilines is 1. The van der Waals surface area contributed by atoms with Gasteiger partial charge in [0.05, 0.1) is 34.9 Å². The van der Waals surface area contributed by atoms with Gasteiger partial charge < -0.3 is 20.1 Å². The van der Waals surface area contributed by atoms with Crippen molar-refractivity contribution in [1.29, 1.82) is 0 Å². The number of benzene rings is 2. The lowest BCUT2D eigenvalue weighted by Gasteiger charge is -2.46. The highest BCUT2D eigenvalue weighted by Crippen LogP contribution is 2.47. The molecular weight excluding hydrogens is 615 g/mol. The van der Waals surface area contributed by atoms with Crippen LogP contribution in [0.3, 0.4) is 0 Å². The molecule has 0 aliphatic carbocycles. The Balaban J connectivity index is 1.74. The highest BCUT2D eigenvalue weighted by atomic mass is 19.4. The highest BCUT2D eigenvalue weighted by Gasteiger charge is 2.48. The van der Waals surface area contributed by atoms with Crippen molar-refractivity contribution in [2.24, 2.45) is 5.73 Å². The van der Waals surface area contributed by atoms with E-state index in [9.17, 15) is 49.4 Å². The molecule has 0 saturated heterocycles. The van der Waals surface area contributed by atoms with E-state index in [-0.39, 0.29) is 42.6 Å². The number of carbonyl (C=O) groups is 1. The molecular formula is C27H25F9N4O4. The Bertz CT molecular complexity index is 1490. The van der Waals surface area contributed by atoms with Gasteiger partial charge in [-0.1, -0.05) is 12.1 Å². The van der Waals surface area contributed by atoms with Crippen LogP contribution in [0.4, 0.5) is 50.0 Å². The number of nitrogens with two attached hydrogens (primary N) is 1. The van der Waals surface area contributed by atoms with Crippen molar-refractivity contribution in [3.05, 3.63) is 75.9 Å².